The zero-order valence-corrected chi connectivity index (χ0v) is 12.6. The van der Waals surface area contributed by atoms with E-state index >= 15 is 0 Å². The first-order chi connectivity index (χ1) is 10.6. The highest BCUT2D eigenvalue weighted by Crippen LogP contribution is 2.12. The molecular formula is C16H19N3O3. The molecule has 0 bridgehead atoms. The minimum absolute atomic E-state index is 0.0575. The third-order valence-electron chi connectivity index (χ3n) is 3.17. The molecule has 0 unspecified atom stereocenters. The maximum atomic E-state index is 11.9. The maximum Gasteiger partial charge on any atom is 0.251 e. The van der Waals surface area contributed by atoms with E-state index in [0.717, 1.165) is 5.76 Å². The van der Waals surface area contributed by atoms with Crippen LogP contribution in [-0.2, 0) is 4.79 Å². The van der Waals surface area contributed by atoms with E-state index in [4.69, 9.17) is 4.42 Å². The molecule has 1 aromatic carbocycles. The van der Waals surface area contributed by atoms with Gasteiger partial charge in [0.15, 0.2) is 0 Å². The predicted octanol–water partition coefficient (Wildman–Crippen LogP) is 1.93. The van der Waals surface area contributed by atoms with Crippen molar-refractivity contribution in [1.82, 2.24) is 10.6 Å². The minimum atomic E-state index is -0.194. The quantitative estimate of drug-likeness (QED) is 0.761. The van der Waals surface area contributed by atoms with Crippen molar-refractivity contribution in [3.8, 4) is 0 Å². The molecule has 2 rings (SSSR count). The SMILES string of the molecule is CNC(=O)c1cccc(NC(=O)CN[C@H](C)c2ccco2)c1. The summed E-state index contributed by atoms with van der Waals surface area (Å²) in [5.41, 5.74) is 1.08. The zero-order valence-electron chi connectivity index (χ0n) is 12.6. The smallest absolute Gasteiger partial charge is 0.251 e. The van der Waals surface area contributed by atoms with Gasteiger partial charge in [-0.1, -0.05) is 6.07 Å². The van der Waals surface area contributed by atoms with Gasteiger partial charge in [-0.15, -0.1) is 0 Å². The molecule has 22 heavy (non-hydrogen) atoms. The van der Waals surface area contributed by atoms with Crippen LogP contribution < -0.4 is 16.0 Å². The van der Waals surface area contributed by atoms with Crippen molar-refractivity contribution in [2.45, 2.75) is 13.0 Å². The summed E-state index contributed by atoms with van der Waals surface area (Å²) in [6, 6.07) is 10.4. The third kappa shape index (κ3) is 4.20. The summed E-state index contributed by atoms with van der Waals surface area (Å²) in [7, 11) is 1.56. The number of furan rings is 1. The van der Waals surface area contributed by atoms with Gasteiger partial charge in [0.25, 0.3) is 5.91 Å². The number of nitrogens with one attached hydrogen (secondary N) is 3. The second-order valence-corrected chi connectivity index (χ2v) is 4.83. The number of rotatable bonds is 6. The van der Waals surface area contributed by atoms with E-state index in [1.807, 2.05) is 13.0 Å². The van der Waals surface area contributed by atoms with Gasteiger partial charge < -0.3 is 15.1 Å². The van der Waals surface area contributed by atoms with E-state index in [1.54, 1.807) is 43.6 Å². The molecule has 0 fully saturated rings. The molecule has 0 saturated heterocycles. The number of carbonyl (C=O) groups excluding carboxylic acids is 2. The van der Waals surface area contributed by atoms with E-state index < -0.39 is 0 Å². The van der Waals surface area contributed by atoms with Crippen LogP contribution in [-0.4, -0.2) is 25.4 Å². The molecule has 2 aromatic rings. The van der Waals surface area contributed by atoms with Crippen LogP contribution in [0.1, 0.15) is 29.1 Å². The Morgan fingerprint density at radius 3 is 2.73 bits per heavy atom. The molecule has 6 nitrogen and oxygen atoms in total. The summed E-state index contributed by atoms with van der Waals surface area (Å²) in [6.07, 6.45) is 1.60. The van der Waals surface area contributed by atoms with Crippen LogP contribution in [0.15, 0.2) is 47.1 Å². The highest BCUT2D eigenvalue weighted by Gasteiger charge is 2.10. The van der Waals surface area contributed by atoms with Crippen LogP contribution in [0, 0.1) is 0 Å². The second kappa shape index (κ2) is 7.42. The fourth-order valence-corrected chi connectivity index (χ4v) is 1.97. The van der Waals surface area contributed by atoms with Gasteiger partial charge in [-0.2, -0.15) is 0 Å². The Balaban J connectivity index is 1.88. The molecule has 0 aliphatic carbocycles. The van der Waals surface area contributed by atoms with E-state index in [0.29, 0.717) is 11.3 Å². The molecular weight excluding hydrogens is 282 g/mol. The molecule has 0 aliphatic heterocycles. The molecule has 3 N–H and O–H groups in total. The molecule has 116 valence electrons. The maximum absolute atomic E-state index is 11.9. The van der Waals surface area contributed by atoms with Crippen molar-refractivity contribution in [3.63, 3.8) is 0 Å². The Hall–Kier alpha value is -2.60. The summed E-state index contributed by atoms with van der Waals surface area (Å²) in [6.45, 7) is 2.06. The Kier molecular flexibility index (Phi) is 5.32. The van der Waals surface area contributed by atoms with E-state index in [1.165, 1.54) is 0 Å². The van der Waals surface area contributed by atoms with Gasteiger partial charge in [-0.05, 0) is 37.3 Å². The van der Waals surface area contributed by atoms with Crippen LogP contribution in [0.2, 0.25) is 0 Å². The van der Waals surface area contributed by atoms with Crippen molar-refractivity contribution in [2.75, 3.05) is 18.9 Å². The Bertz CT molecular complexity index is 638. The van der Waals surface area contributed by atoms with E-state index in [-0.39, 0.29) is 24.4 Å². The van der Waals surface area contributed by atoms with Gasteiger partial charge in [-0.25, -0.2) is 0 Å². The molecule has 2 amide bonds. The van der Waals surface area contributed by atoms with E-state index in [9.17, 15) is 9.59 Å². The molecule has 0 radical (unpaired) electrons. The molecule has 0 saturated carbocycles. The number of hydrogen-bond donors (Lipinski definition) is 3. The van der Waals surface area contributed by atoms with E-state index in [2.05, 4.69) is 16.0 Å². The highest BCUT2D eigenvalue weighted by atomic mass is 16.3. The van der Waals surface area contributed by atoms with Crippen molar-refractivity contribution in [1.29, 1.82) is 0 Å². The van der Waals surface area contributed by atoms with Gasteiger partial charge in [-0.3, -0.25) is 14.9 Å². The number of amides is 2. The molecule has 0 spiro atoms. The van der Waals surface area contributed by atoms with Gasteiger partial charge in [0.1, 0.15) is 5.76 Å². The second-order valence-electron chi connectivity index (χ2n) is 4.83. The Morgan fingerprint density at radius 1 is 1.23 bits per heavy atom. The summed E-state index contributed by atoms with van der Waals surface area (Å²) in [5, 5.41) is 8.36. The normalized spacial score (nSPS) is 11.7. The van der Waals surface area contributed by atoms with Crippen LogP contribution in [0.5, 0.6) is 0 Å². The Morgan fingerprint density at radius 2 is 2.05 bits per heavy atom. The van der Waals surface area contributed by atoms with Crippen LogP contribution >= 0.6 is 0 Å². The predicted molar refractivity (Wildman–Crippen MR) is 83.6 cm³/mol. The first-order valence-electron chi connectivity index (χ1n) is 6.99. The number of benzene rings is 1. The largest absolute Gasteiger partial charge is 0.468 e. The monoisotopic (exact) mass is 301 g/mol. The lowest BCUT2D eigenvalue weighted by Crippen LogP contribution is -2.30. The summed E-state index contributed by atoms with van der Waals surface area (Å²) < 4.78 is 5.26. The van der Waals surface area contributed by atoms with Crippen LogP contribution in [0.3, 0.4) is 0 Å². The lowest BCUT2D eigenvalue weighted by atomic mass is 10.2. The summed E-state index contributed by atoms with van der Waals surface area (Å²) in [4.78, 5) is 23.5. The van der Waals surface area contributed by atoms with Crippen molar-refractivity contribution in [3.05, 3.63) is 54.0 Å². The molecule has 6 heteroatoms. The standard InChI is InChI=1S/C16H19N3O3/c1-11(14-7-4-8-22-14)18-10-15(20)19-13-6-3-5-12(9-13)16(21)17-2/h3-9,11,18H,10H2,1-2H3,(H,17,21)(H,19,20)/t11-/m1/s1. The molecule has 1 atom stereocenters. The number of carbonyl (C=O) groups is 2. The number of hydrogen-bond acceptors (Lipinski definition) is 4. The lowest BCUT2D eigenvalue weighted by molar-refractivity contribution is -0.115. The Labute approximate surface area is 128 Å². The summed E-state index contributed by atoms with van der Waals surface area (Å²) in [5.74, 6) is 0.391. The topological polar surface area (TPSA) is 83.4 Å². The average molecular weight is 301 g/mol. The lowest BCUT2D eigenvalue weighted by Gasteiger charge is -2.11. The fraction of sp³-hybridized carbons (Fsp3) is 0.250. The third-order valence-corrected chi connectivity index (χ3v) is 3.17. The van der Waals surface area contributed by atoms with Gasteiger partial charge >= 0.3 is 0 Å². The number of anilines is 1. The van der Waals surface area contributed by atoms with Crippen LogP contribution in [0.25, 0.3) is 0 Å². The van der Waals surface area contributed by atoms with Gasteiger partial charge in [0.2, 0.25) is 5.91 Å². The van der Waals surface area contributed by atoms with Crippen molar-refractivity contribution < 1.29 is 14.0 Å². The van der Waals surface area contributed by atoms with Gasteiger partial charge in [0.05, 0.1) is 18.8 Å². The van der Waals surface area contributed by atoms with Crippen molar-refractivity contribution >= 4 is 17.5 Å². The van der Waals surface area contributed by atoms with Crippen molar-refractivity contribution in [2.24, 2.45) is 0 Å². The average Bonchev–Trinajstić information content (AvgIpc) is 3.06. The highest BCUT2D eigenvalue weighted by molar-refractivity contribution is 5.97. The molecule has 1 heterocycles. The zero-order chi connectivity index (χ0) is 15.9. The first kappa shape index (κ1) is 15.8. The summed E-state index contributed by atoms with van der Waals surface area (Å²) >= 11 is 0. The van der Waals surface area contributed by atoms with Crippen LogP contribution in [0.4, 0.5) is 5.69 Å². The molecule has 0 aliphatic rings. The van der Waals surface area contributed by atoms with Gasteiger partial charge in [0, 0.05) is 18.3 Å². The first-order valence-corrected chi connectivity index (χ1v) is 6.99. The minimum Gasteiger partial charge on any atom is -0.468 e. The molecule has 1 aromatic heterocycles. The fourth-order valence-electron chi connectivity index (χ4n) is 1.97.